The summed E-state index contributed by atoms with van der Waals surface area (Å²) in [6.07, 6.45) is 2.24. The number of hydrogen-bond donors (Lipinski definition) is 1. The largest absolute Gasteiger partial charge is 0.376 e. The third-order valence-electron chi connectivity index (χ3n) is 3.49. The number of carbonyl (C=O) groups excluding carboxylic acids is 2. The van der Waals surface area contributed by atoms with Crippen LogP contribution in [0.4, 0.5) is 5.69 Å². The molecule has 1 saturated heterocycles. The van der Waals surface area contributed by atoms with Crippen molar-refractivity contribution in [3.8, 4) is 0 Å². The first-order valence-electron chi connectivity index (χ1n) is 7.53. The van der Waals surface area contributed by atoms with Crippen LogP contribution in [0.15, 0.2) is 28.7 Å². The highest BCUT2D eigenvalue weighted by Gasteiger charge is 2.20. The molecule has 0 bridgehead atoms. The minimum absolute atomic E-state index is 0.0285. The lowest BCUT2D eigenvalue weighted by atomic mass is 10.2. The van der Waals surface area contributed by atoms with Gasteiger partial charge >= 0.3 is 0 Å². The number of carbonyl (C=O) groups is 2. The monoisotopic (exact) mass is 400 g/mol. The summed E-state index contributed by atoms with van der Waals surface area (Å²) >= 11 is 4.68. The van der Waals surface area contributed by atoms with E-state index in [1.54, 1.807) is 11.9 Å². The Labute approximate surface area is 149 Å². The molecular formula is C16H21BrN2O3S. The van der Waals surface area contributed by atoms with E-state index in [1.807, 2.05) is 24.3 Å². The van der Waals surface area contributed by atoms with E-state index in [2.05, 4.69) is 21.2 Å². The van der Waals surface area contributed by atoms with Gasteiger partial charge in [0.2, 0.25) is 11.8 Å². The van der Waals surface area contributed by atoms with Gasteiger partial charge in [0.25, 0.3) is 0 Å². The third kappa shape index (κ3) is 6.53. The van der Waals surface area contributed by atoms with Crippen molar-refractivity contribution >= 4 is 45.2 Å². The Balaban J connectivity index is 1.65. The van der Waals surface area contributed by atoms with E-state index in [4.69, 9.17) is 4.74 Å². The van der Waals surface area contributed by atoms with E-state index < -0.39 is 0 Å². The molecule has 2 rings (SSSR count). The van der Waals surface area contributed by atoms with Crippen molar-refractivity contribution in [3.05, 3.63) is 28.7 Å². The van der Waals surface area contributed by atoms with Crippen molar-refractivity contribution in [2.75, 3.05) is 37.0 Å². The third-order valence-corrected chi connectivity index (χ3v) is 4.90. The van der Waals surface area contributed by atoms with Crippen LogP contribution in [-0.4, -0.2) is 54.5 Å². The highest BCUT2D eigenvalue weighted by atomic mass is 79.9. The zero-order valence-corrected chi connectivity index (χ0v) is 15.5. The first kappa shape index (κ1) is 18.3. The Morgan fingerprint density at radius 2 is 2.26 bits per heavy atom. The number of anilines is 1. The van der Waals surface area contributed by atoms with Gasteiger partial charge in [0.1, 0.15) is 0 Å². The van der Waals surface area contributed by atoms with Crippen LogP contribution in [0.2, 0.25) is 0 Å². The van der Waals surface area contributed by atoms with Crippen LogP contribution in [-0.2, 0) is 14.3 Å². The minimum Gasteiger partial charge on any atom is -0.376 e. The molecular weight excluding hydrogens is 380 g/mol. The molecule has 126 valence electrons. The molecule has 0 aromatic heterocycles. The van der Waals surface area contributed by atoms with Crippen molar-refractivity contribution in [1.29, 1.82) is 0 Å². The molecule has 1 unspecified atom stereocenters. The molecule has 0 saturated carbocycles. The van der Waals surface area contributed by atoms with Crippen molar-refractivity contribution in [2.24, 2.45) is 0 Å². The smallest absolute Gasteiger partial charge is 0.234 e. The average Bonchev–Trinajstić information content (AvgIpc) is 3.00. The normalized spacial score (nSPS) is 17.0. The van der Waals surface area contributed by atoms with E-state index in [-0.39, 0.29) is 23.7 Å². The minimum atomic E-state index is -0.109. The first-order valence-corrected chi connectivity index (χ1v) is 9.48. The number of nitrogens with zero attached hydrogens (tertiary/aromatic N) is 1. The van der Waals surface area contributed by atoms with Crippen molar-refractivity contribution in [2.45, 2.75) is 18.9 Å². The van der Waals surface area contributed by atoms with Gasteiger partial charge in [-0.15, -0.1) is 11.8 Å². The molecule has 1 fully saturated rings. The highest BCUT2D eigenvalue weighted by molar-refractivity contribution is 9.10. The highest BCUT2D eigenvalue weighted by Crippen LogP contribution is 2.16. The van der Waals surface area contributed by atoms with Crippen LogP contribution >= 0.6 is 27.7 Å². The average molecular weight is 401 g/mol. The lowest BCUT2D eigenvalue weighted by molar-refractivity contribution is -0.128. The maximum atomic E-state index is 12.0. The quantitative estimate of drug-likeness (QED) is 0.764. The molecule has 7 heteroatoms. The number of halogens is 1. The molecule has 0 radical (unpaired) electrons. The van der Waals surface area contributed by atoms with Crippen LogP contribution in [0.25, 0.3) is 0 Å². The van der Waals surface area contributed by atoms with Gasteiger partial charge in [-0.05, 0) is 31.0 Å². The molecule has 1 aliphatic heterocycles. The van der Waals surface area contributed by atoms with Crippen molar-refractivity contribution < 1.29 is 14.3 Å². The van der Waals surface area contributed by atoms with Crippen LogP contribution in [0.3, 0.4) is 0 Å². The number of rotatable bonds is 7. The molecule has 0 spiro atoms. The summed E-state index contributed by atoms with van der Waals surface area (Å²) < 4.78 is 6.43. The molecule has 1 atom stereocenters. The molecule has 1 aromatic rings. The molecule has 23 heavy (non-hydrogen) atoms. The second kappa shape index (κ2) is 9.30. The maximum absolute atomic E-state index is 12.0. The second-order valence-electron chi connectivity index (χ2n) is 5.46. The summed E-state index contributed by atoms with van der Waals surface area (Å²) in [5.41, 5.74) is 0.742. The fourth-order valence-corrected chi connectivity index (χ4v) is 3.45. The molecule has 1 aromatic carbocycles. The molecule has 1 heterocycles. The van der Waals surface area contributed by atoms with Gasteiger partial charge in [-0.3, -0.25) is 9.59 Å². The Hall–Kier alpha value is -1.05. The van der Waals surface area contributed by atoms with Crippen LogP contribution in [0, 0.1) is 0 Å². The number of thioether (sulfide) groups is 1. The van der Waals surface area contributed by atoms with Gasteiger partial charge < -0.3 is 15.0 Å². The summed E-state index contributed by atoms with van der Waals surface area (Å²) in [4.78, 5) is 25.6. The predicted octanol–water partition coefficient (Wildman–Crippen LogP) is 2.76. The SMILES string of the molecule is CN(CC1CCCO1)C(=O)CSCC(=O)Nc1cccc(Br)c1. The second-order valence-corrected chi connectivity index (χ2v) is 7.36. The summed E-state index contributed by atoms with van der Waals surface area (Å²) in [5.74, 6) is 0.477. The Kier molecular flexibility index (Phi) is 7.39. The van der Waals surface area contributed by atoms with Gasteiger partial charge in [0.15, 0.2) is 0 Å². The fourth-order valence-electron chi connectivity index (χ4n) is 2.30. The standard InChI is InChI=1S/C16H21BrN2O3S/c1-19(9-14-6-3-7-22-14)16(21)11-23-10-15(20)18-13-5-2-4-12(17)8-13/h2,4-5,8,14H,3,6-7,9-11H2,1H3,(H,18,20). The lowest BCUT2D eigenvalue weighted by Gasteiger charge is -2.20. The van der Waals surface area contributed by atoms with E-state index in [0.717, 1.165) is 29.6 Å². The van der Waals surface area contributed by atoms with Gasteiger partial charge in [-0.25, -0.2) is 0 Å². The zero-order valence-electron chi connectivity index (χ0n) is 13.1. The number of benzene rings is 1. The van der Waals surface area contributed by atoms with Gasteiger partial charge in [-0.1, -0.05) is 22.0 Å². The Morgan fingerprint density at radius 3 is 2.96 bits per heavy atom. The van der Waals surface area contributed by atoms with Crippen molar-refractivity contribution in [3.63, 3.8) is 0 Å². The molecule has 5 nitrogen and oxygen atoms in total. The molecule has 2 amide bonds. The number of hydrogen-bond acceptors (Lipinski definition) is 4. The topological polar surface area (TPSA) is 58.6 Å². The number of likely N-dealkylation sites (N-methyl/N-ethyl adjacent to an activating group) is 1. The number of nitrogens with one attached hydrogen (secondary N) is 1. The van der Waals surface area contributed by atoms with E-state index in [9.17, 15) is 9.59 Å². The molecule has 1 N–H and O–H groups in total. The summed E-state index contributed by atoms with van der Waals surface area (Å²) in [5, 5.41) is 2.81. The van der Waals surface area contributed by atoms with Crippen LogP contribution < -0.4 is 5.32 Å². The number of amides is 2. The van der Waals surface area contributed by atoms with Gasteiger partial charge in [0.05, 0.1) is 17.6 Å². The van der Waals surface area contributed by atoms with Gasteiger partial charge in [-0.2, -0.15) is 0 Å². The fraction of sp³-hybridized carbons (Fsp3) is 0.500. The van der Waals surface area contributed by atoms with E-state index in [0.29, 0.717) is 12.3 Å². The zero-order chi connectivity index (χ0) is 16.7. The Bertz CT molecular complexity index is 550. The van der Waals surface area contributed by atoms with Crippen LogP contribution in [0.1, 0.15) is 12.8 Å². The van der Waals surface area contributed by atoms with E-state index in [1.165, 1.54) is 11.8 Å². The molecule has 1 aliphatic rings. The predicted molar refractivity (Wildman–Crippen MR) is 96.7 cm³/mol. The van der Waals surface area contributed by atoms with E-state index >= 15 is 0 Å². The number of ether oxygens (including phenoxy) is 1. The van der Waals surface area contributed by atoms with Gasteiger partial charge in [0, 0.05) is 30.4 Å². The van der Waals surface area contributed by atoms with Crippen LogP contribution in [0.5, 0.6) is 0 Å². The summed E-state index contributed by atoms with van der Waals surface area (Å²) in [7, 11) is 1.78. The first-order chi connectivity index (χ1) is 11.0. The lowest BCUT2D eigenvalue weighted by Crippen LogP contribution is -2.35. The maximum Gasteiger partial charge on any atom is 0.234 e. The molecule has 0 aliphatic carbocycles. The summed E-state index contributed by atoms with van der Waals surface area (Å²) in [6.45, 7) is 1.42. The van der Waals surface area contributed by atoms with Crippen molar-refractivity contribution in [1.82, 2.24) is 4.90 Å². The summed E-state index contributed by atoms with van der Waals surface area (Å²) in [6, 6.07) is 7.42. The Morgan fingerprint density at radius 1 is 1.43 bits per heavy atom.